The summed E-state index contributed by atoms with van der Waals surface area (Å²) >= 11 is 4.10. The molecule has 0 fully saturated rings. The number of aliphatic imine (C=N–C) groups is 1. The van der Waals surface area contributed by atoms with Crippen molar-refractivity contribution in [2.45, 2.75) is 20.8 Å². The van der Waals surface area contributed by atoms with Crippen LogP contribution in [0.4, 0.5) is 0 Å². The van der Waals surface area contributed by atoms with Gasteiger partial charge in [-0.1, -0.05) is 26.5 Å². The van der Waals surface area contributed by atoms with Crippen LogP contribution in [0.15, 0.2) is 28.2 Å². The predicted octanol–water partition coefficient (Wildman–Crippen LogP) is 3.06. The quantitative estimate of drug-likeness (QED) is 0.492. The van der Waals surface area contributed by atoms with Crippen molar-refractivity contribution in [1.29, 1.82) is 0 Å². The van der Waals surface area contributed by atoms with Crippen LogP contribution in [-0.2, 0) is 0 Å². The highest BCUT2D eigenvalue weighted by molar-refractivity contribution is 7.84. The van der Waals surface area contributed by atoms with E-state index in [1.54, 1.807) is 6.21 Å². The molecule has 0 spiro atoms. The molecule has 2 heteroatoms. The van der Waals surface area contributed by atoms with E-state index in [0.717, 1.165) is 10.6 Å². The lowest BCUT2D eigenvalue weighted by atomic mass is 10.1. The van der Waals surface area contributed by atoms with E-state index >= 15 is 0 Å². The van der Waals surface area contributed by atoms with Gasteiger partial charge < -0.3 is 0 Å². The highest BCUT2D eigenvalue weighted by atomic mass is 32.1. The maximum absolute atomic E-state index is 4.10. The van der Waals surface area contributed by atoms with Gasteiger partial charge in [0.15, 0.2) is 0 Å². The van der Waals surface area contributed by atoms with E-state index in [0.29, 0.717) is 5.92 Å². The van der Waals surface area contributed by atoms with Crippen molar-refractivity contribution in [3.05, 3.63) is 23.3 Å². The lowest BCUT2D eigenvalue weighted by Crippen LogP contribution is -1.92. The Morgan fingerprint density at radius 1 is 1.55 bits per heavy atom. The highest BCUT2D eigenvalue weighted by Crippen LogP contribution is 2.06. The summed E-state index contributed by atoms with van der Waals surface area (Å²) in [6.45, 7) is 9.92. The van der Waals surface area contributed by atoms with Crippen LogP contribution in [0.3, 0.4) is 0 Å². The van der Waals surface area contributed by atoms with Crippen LogP contribution in [0.25, 0.3) is 0 Å². The molecule has 0 atom stereocenters. The van der Waals surface area contributed by atoms with Crippen LogP contribution in [0, 0.1) is 5.92 Å². The molecule has 62 valence electrons. The second kappa shape index (κ2) is 5.19. The fraction of sp³-hybridized carbons (Fsp3) is 0.444. The van der Waals surface area contributed by atoms with Crippen LogP contribution >= 0.6 is 12.6 Å². The normalized spacial score (nSPS) is 13.0. The van der Waals surface area contributed by atoms with Crippen molar-refractivity contribution < 1.29 is 0 Å². The van der Waals surface area contributed by atoms with E-state index in [9.17, 15) is 0 Å². The first-order chi connectivity index (χ1) is 5.07. The molecule has 0 saturated heterocycles. The minimum atomic E-state index is 0.455. The lowest BCUT2D eigenvalue weighted by molar-refractivity contribution is 0.810. The Hall–Kier alpha value is -0.500. The van der Waals surface area contributed by atoms with Gasteiger partial charge in [0.1, 0.15) is 0 Å². The van der Waals surface area contributed by atoms with Crippen LogP contribution in [0.5, 0.6) is 0 Å². The Kier molecular flexibility index (Phi) is 4.95. The Morgan fingerprint density at radius 3 is 2.45 bits per heavy atom. The molecule has 0 amide bonds. The maximum atomic E-state index is 4.10. The van der Waals surface area contributed by atoms with Gasteiger partial charge >= 0.3 is 0 Å². The van der Waals surface area contributed by atoms with E-state index in [4.69, 9.17) is 0 Å². The summed E-state index contributed by atoms with van der Waals surface area (Å²) in [5, 5.41) is 0.729. The topological polar surface area (TPSA) is 12.4 Å². The second-order valence-electron chi connectivity index (χ2n) is 2.63. The monoisotopic (exact) mass is 169 g/mol. The van der Waals surface area contributed by atoms with Crippen molar-refractivity contribution in [2.75, 3.05) is 0 Å². The van der Waals surface area contributed by atoms with Crippen molar-refractivity contribution in [3.8, 4) is 0 Å². The third-order valence-electron chi connectivity index (χ3n) is 1.36. The van der Waals surface area contributed by atoms with Crippen molar-refractivity contribution in [3.63, 3.8) is 0 Å². The second-order valence-corrected chi connectivity index (χ2v) is 3.09. The Morgan fingerprint density at radius 2 is 2.09 bits per heavy atom. The summed E-state index contributed by atoms with van der Waals surface area (Å²) < 4.78 is 0. The summed E-state index contributed by atoms with van der Waals surface area (Å²) in [5.41, 5.74) is 1.03. The van der Waals surface area contributed by atoms with Gasteiger partial charge in [0.2, 0.25) is 0 Å². The van der Waals surface area contributed by atoms with Crippen LogP contribution < -0.4 is 0 Å². The molecule has 0 saturated carbocycles. The van der Waals surface area contributed by atoms with Gasteiger partial charge in [-0.05, 0) is 18.4 Å². The van der Waals surface area contributed by atoms with Gasteiger partial charge in [-0.3, -0.25) is 4.99 Å². The molecule has 0 unspecified atom stereocenters. The third kappa shape index (κ3) is 4.85. The van der Waals surface area contributed by atoms with E-state index in [2.05, 4.69) is 38.0 Å². The Balaban J connectivity index is 4.04. The van der Waals surface area contributed by atoms with E-state index < -0.39 is 0 Å². The maximum Gasteiger partial charge on any atom is 0.0886 e. The smallest absolute Gasteiger partial charge is 0.0886 e. The van der Waals surface area contributed by atoms with Crippen molar-refractivity contribution in [2.24, 2.45) is 10.9 Å². The van der Waals surface area contributed by atoms with E-state index in [1.165, 1.54) is 0 Å². The fourth-order valence-electron chi connectivity index (χ4n) is 0.373. The van der Waals surface area contributed by atoms with Crippen molar-refractivity contribution in [1.82, 2.24) is 0 Å². The Bertz CT molecular complexity index is 190. The summed E-state index contributed by atoms with van der Waals surface area (Å²) in [6, 6.07) is 0. The van der Waals surface area contributed by atoms with Gasteiger partial charge in [0.05, 0.1) is 5.03 Å². The average Bonchev–Trinajstić information content (AvgIpc) is 1.99. The number of hydrogen-bond donors (Lipinski definition) is 1. The first-order valence-electron chi connectivity index (χ1n) is 3.66. The number of rotatable bonds is 3. The van der Waals surface area contributed by atoms with Gasteiger partial charge in [0, 0.05) is 6.21 Å². The van der Waals surface area contributed by atoms with Gasteiger partial charge in [-0.15, -0.1) is 12.6 Å². The van der Waals surface area contributed by atoms with Crippen molar-refractivity contribution >= 4 is 18.8 Å². The molecule has 0 aromatic rings. The predicted molar refractivity (Wildman–Crippen MR) is 55.2 cm³/mol. The molecule has 0 aliphatic carbocycles. The summed E-state index contributed by atoms with van der Waals surface area (Å²) in [7, 11) is 0. The molecule has 11 heavy (non-hydrogen) atoms. The largest absolute Gasteiger partial charge is 0.250 e. The van der Waals surface area contributed by atoms with Gasteiger partial charge in [-0.2, -0.15) is 0 Å². The minimum absolute atomic E-state index is 0.455. The third-order valence-corrected chi connectivity index (χ3v) is 1.74. The van der Waals surface area contributed by atoms with E-state index in [-0.39, 0.29) is 0 Å². The lowest BCUT2D eigenvalue weighted by Gasteiger charge is -2.00. The minimum Gasteiger partial charge on any atom is -0.250 e. The summed E-state index contributed by atoms with van der Waals surface area (Å²) in [4.78, 5) is 4.06. The molecule has 1 nitrogen and oxygen atoms in total. The van der Waals surface area contributed by atoms with Crippen LogP contribution in [-0.4, -0.2) is 6.21 Å². The average molecular weight is 169 g/mol. The zero-order valence-corrected chi connectivity index (χ0v) is 8.23. The molecule has 0 N–H and O–H groups in total. The zero-order valence-electron chi connectivity index (χ0n) is 7.33. The first-order valence-corrected chi connectivity index (χ1v) is 4.10. The number of nitrogens with zero attached hydrogens (tertiary/aromatic N) is 1. The van der Waals surface area contributed by atoms with Crippen LogP contribution in [0.2, 0.25) is 0 Å². The fourth-order valence-corrected chi connectivity index (χ4v) is 0.430. The summed E-state index contributed by atoms with van der Waals surface area (Å²) in [5.74, 6) is 0.455. The van der Waals surface area contributed by atoms with Gasteiger partial charge in [-0.25, -0.2) is 0 Å². The zero-order chi connectivity index (χ0) is 8.85. The highest BCUT2D eigenvalue weighted by Gasteiger charge is 1.94. The van der Waals surface area contributed by atoms with Gasteiger partial charge in [0.25, 0.3) is 0 Å². The Labute approximate surface area is 74.3 Å². The first kappa shape index (κ1) is 10.5. The molecule has 0 bridgehead atoms. The molecule has 0 rings (SSSR count). The molecule has 0 aromatic heterocycles. The molecule has 0 aliphatic rings. The standard InChI is InChI=1S/C9H15NS/c1-5-9(11)10-6-8(4)7(2)3/h5-7,11H,4H2,1-3H3/b9-5+,10-6?. The van der Waals surface area contributed by atoms with E-state index in [1.807, 2.05) is 13.0 Å². The SMILES string of the molecule is C=C(C=N/C(S)=C\C)C(C)C. The van der Waals surface area contributed by atoms with Crippen LogP contribution in [0.1, 0.15) is 20.8 Å². The summed E-state index contributed by atoms with van der Waals surface area (Å²) in [6.07, 6.45) is 3.60. The molecule has 0 aromatic carbocycles. The molecular formula is C9H15NS. The number of hydrogen-bond acceptors (Lipinski definition) is 2. The number of thiol groups is 1. The molecule has 0 radical (unpaired) electrons. The number of allylic oxidation sites excluding steroid dienone is 2. The molecular weight excluding hydrogens is 154 g/mol. The molecule has 0 heterocycles. The molecule has 0 aliphatic heterocycles.